The van der Waals surface area contributed by atoms with E-state index in [0.717, 1.165) is 31.7 Å². The van der Waals surface area contributed by atoms with E-state index < -0.39 is 0 Å². The smallest absolute Gasteiger partial charge is 0.0597 e. The molecule has 1 saturated heterocycles. The van der Waals surface area contributed by atoms with Gasteiger partial charge in [-0.2, -0.15) is 5.10 Å². The largest absolute Gasteiger partial charge is 0.313 e. The summed E-state index contributed by atoms with van der Waals surface area (Å²) in [4.78, 5) is 2.41. The standard InChI is InChI=1S/C14H26N4/c1-4-8-18-14(9-12(2)16-18)11-17(3)10-13-6-5-7-15-13/h9,13,15H,4-8,10-11H2,1-3H3/t13-/m0/s1. The summed E-state index contributed by atoms with van der Waals surface area (Å²) in [5.41, 5.74) is 2.47. The van der Waals surface area contributed by atoms with Gasteiger partial charge in [0.15, 0.2) is 0 Å². The summed E-state index contributed by atoms with van der Waals surface area (Å²) in [7, 11) is 2.21. The van der Waals surface area contributed by atoms with Gasteiger partial charge in [0.05, 0.1) is 11.4 Å². The number of aromatic nitrogens is 2. The van der Waals surface area contributed by atoms with Crippen molar-refractivity contribution in [3.63, 3.8) is 0 Å². The van der Waals surface area contributed by atoms with Crippen LogP contribution in [0.25, 0.3) is 0 Å². The Balaban J connectivity index is 1.90. The monoisotopic (exact) mass is 250 g/mol. The minimum Gasteiger partial charge on any atom is -0.313 e. The number of aryl methyl sites for hydroxylation is 2. The van der Waals surface area contributed by atoms with E-state index in [2.05, 4.69) is 47.0 Å². The fraction of sp³-hybridized carbons (Fsp3) is 0.786. The molecule has 102 valence electrons. The molecule has 1 N–H and O–H groups in total. The van der Waals surface area contributed by atoms with Crippen molar-refractivity contribution in [1.29, 1.82) is 0 Å². The zero-order valence-electron chi connectivity index (χ0n) is 11.9. The van der Waals surface area contributed by atoms with Gasteiger partial charge in [0.2, 0.25) is 0 Å². The summed E-state index contributed by atoms with van der Waals surface area (Å²) < 4.78 is 2.16. The van der Waals surface area contributed by atoms with Crippen molar-refractivity contribution in [1.82, 2.24) is 20.0 Å². The zero-order valence-corrected chi connectivity index (χ0v) is 11.9. The van der Waals surface area contributed by atoms with Crippen molar-refractivity contribution < 1.29 is 0 Å². The molecule has 1 aromatic rings. The highest BCUT2D eigenvalue weighted by molar-refractivity contribution is 5.08. The molecule has 1 fully saturated rings. The van der Waals surface area contributed by atoms with E-state index in [1.54, 1.807) is 0 Å². The Labute approximate surface area is 110 Å². The molecule has 1 atom stereocenters. The molecule has 1 aliphatic rings. The van der Waals surface area contributed by atoms with Gasteiger partial charge in [-0.1, -0.05) is 6.92 Å². The van der Waals surface area contributed by atoms with Crippen molar-refractivity contribution >= 4 is 0 Å². The molecule has 1 aromatic heterocycles. The first-order valence-electron chi connectivity index (χ1n) is 7.14. The third-order valence-electron chi connectivity index (χ3n) is 3.55. The van der Waals surface area contributed by atoms with Gasteiger partial charge < -0.3 is 5.32 Å². The lowest BCUT2D eigenvalue weighted by Gasteiger charge is -2.21. The lowest BCUT2D eigenvalue weighted by molar-refractivity contribution is 0.284. The molecule has 1 aliphatic heterocycles. The number of nitrogens with one attached hydrogen (secondary N) is 1. The first-order valence-corrected chi connectivity index (χ1v) is 7.14. The van der Waals surface area contributed by atoms with Crippen LogP contribution in [0.15, 0.2) is 6.07 Å². The average Bonchev–Trinajstić information content (AvgIpc) is 2.90. The second kappa shape index (κ2) is 6.34. The molecule has 0 radical (unpaired) electrons. The molecule has 0 amide bonds. The summed E-state index contributed by atoms with van der Waals surface area (Å²) in [5, 5.41) is 8.11. The molecular weight excluding hydrogens is 224 g/mol. The summed E-state index contributed by atoms with van der Waals surface area (Å²) >= 11 is 0. The highest BCUT2D eigenvalue weighted by atomic mass is 15.3. The van der Waals surface area contributed by atoms with Gasteiger partial charge in [-0.25, -0.2) is 0 Å². The third kappa shape index (κ3) is 3.56. The molecule has 0 spiro atoms. The van der Waals surface area contributed by atoms with Crippen LogP contribution in [-0.4, -0.2) is 40.9 Å². The Hall–Kier alpha value is -0.870. The second-order valence-electron chi connectivity index (χ2n) is 5.49. The van der Waals surface area contributed by atoms with Gasteiger partial charge in [0.1, 0.15) is 0 Å². The normalized spacial score (nSPS) is 19.9. The molecule has 2 heterocycles. The predicted molar refractivity (Wildman–Crippen MR) is 74.6 cm³/mol. The number of hydrogen-bond donors (Lipinski definition) is 1. The highest BCUT2D eigenvalue weighted by Crippen LogP contribution is 2.10. The SMILES string of the molecule is CCCn1nc(C)cc1CN(C)C[C@@H]1CCCN1. The molecule has 0 unspecified atom stereocenters. The van der Waals surface area contributed by atoms with E-state index in [1.807, 2.05) is 0 Å². The van der Waals surface area contributed by atoms with E-state index >= 15 is 0 Å². The van der Waals surface area contributed by atoms with Crippen LogP contribution in [0.1, 0.15) is 37.6 Å². The van der Waals surface area contributed by atoms with Crippen LogP contribution >= 0.6 is 0 Å². The van der Waals surface area contributed by atoms with Gasteiger partial charge in [-0.15, -0.1) is 0 Å². The molecule has 0 bridgehead atoms. The van der Waals surface area contributed by atoms with E-state index in [4.69, 9.17) is 0 Å². The first kappa shape index (κ1) is 13.6. The average molecular weight is 250 g/mol. The van der Waals surface area contributed by atoms with Crippen molar-refractivity contribution in [3.05, 3.63) is 17.5 Å². The first-order chi connectivity index (χ1) is 8.69. The van der Waals surface area contributed by atoms with Crippen molar-refractivity contribution in [2.24, 2.45) is 0 Å². The van der Waals surface area contributed by atoms with Gasteiger partial charge in [0.25, 0.3) is 0 Å². The maximum Gasteiger partial charge on any atom is 0.0597 e. The molecule has 4 heteroatoms. The molecule has 0 aromatic carbocycles. The van der Waals surface area contributed by atoms with Crippen molar-refractivity contribution in [2.45, 2.75) is 52.2 Å². The number of hydrogen-bond acceptors (Lipinski definition) is 3. The van der Waals surface area contributed by atoms with Crippen LogP contribution < -0.4 is 5.32 Å². The van der Waals surface area contributed by atoms with Crippen LogP contribution in [-0.2, 0) is 13.1 Å². The Morgan fingerprint density at radius 3 is 3.06 bits per heavy atom. The van der Waals surface area contributed by atoms with Crippen LogP contribution in [0.5, 0.6) is 0 Å². The fourth-order valence-corrected chi connectivity index (χ4v) is 2.76. The van der Waals surface area contributed by atoms with Gasteiger partial charge in [-0.05, 0) is 45.8 Å². The zero-order chi connectivity index (χ0) is 13.0. The van der Waals surface area contributed by atoms with Crippen molar-refractivity contribution in [2.75, 3.05) is 20.1 Å². The molecule has 4 nitrogen and oxygen atoms in total. The van der Waals surface area contributed by atoms with Crippen molar-refractivity contribution in [3.8, 4) is 0 Å². The van der Waals surface area contributed by atoms with E-state index in [-0.39, 0.29) is 0 Å². The number of nitrogens with zero attached hydrogens (tertiary/aromatic N) is 3. The molecule has 2 rings (SSSR count). The van der Waals surface area contributed by atoms with Crippen LogP contribution in [0.2, 0.25) is 0 Å². The second-order valence-corrected chi connectivity index (χ2v) is 5.49. The molecule has 0 aliphatic carbocycles. The number of rotatable bonds is 6. The summed E-state index contributed by atoms with van der Waals surface area (Å²) in [6.45, 7) is 8.63. The topological polar surface area (TPSA) is 33.1 Å². The fourth-order valence-electron chi connectivity index (χ4n) is 2.76. The van der Waals surface area contributed by atoms with E-state index in [1.165, 1.54) is 25.1 Å². The Bertz CT molecular complexity index is 366. The minimum absolute atomic E-state index is 0.679. The van der Waals surface area contributed by atoms with Gasteiger partial charge in [0, 0.05) is 25.7 Å². The van der Waals surface area contributed by atoms with E-state index in [0.29, 0.717) is 6.04 Å². The Morgan fingerprint density at radius 2 is 2.39 bits per heavy atom. The lowest BCUT2D eigenvalue weighted by atomic mass is 10.2. The van der Waals surface area contributed by atoms with Gasteiger partial charge >= 0.3 is 0 Å². The van der Waals surface area contributed by atoms with Gasteiger partial charge in [-0.3, -0.25) is 9.58 Å². The Kier molecular flexibility index (Phi) is 4.78. The summed E-state index contributed by atoms with van der Waals surface area (Å²) in [5.74, 6) is 0. The van der Waals surface area contributed by atoms with Crippen LogP contribution in [0, 0.1) is 6.92 Å². The van der Waals surface area contributed by atoms with E-state index in [9.17, 15) is 0 Å². The summed E-state index contributed by atoms with van der Waals surface area (Å²) in [6.07, 6.45) is 3.78. The maximum absolute atomic E-state index is 4.56. The Morgan fingerprint density at radius 1 is 1.56 bits per heavy atom. The molecular formula is C14H26N4. The number of likely N-dealkylation sites (N-methyl/N-ethyl adjacent to an activating group) is 1. The minimum atomic E-state index is 0.679. The predicted octanol–water partition coefficient (Wildman–Crippen LogP) is 1.79. The van der Waals surface area contributed by atoms with Crippen LogP contribution in [0.3, 0.4) is 0 Å². The highest BCUT2D eigenvalue weighted by Gasteiger charge is 2.16. The molecule has 18 heavy (non-hydrogen) atoms. The third-order valence-corrected chi connectivity index (χ3v) is 3.55. The quantitative estimate of drug-likeness (QED) is 0.835. The summed E-state index contributed by atoms with van der Waals surface area (Å²) in [6, 6.07) is 2.90. The van der Waals surface area contributed by atoms with Crippen LogP contribution in [0.4, 0.5) is 0 Å². The lowest BCUT2D eigenvalue weighted by Crippen LogP contribution is -2.35. The maximum atomic E-state index is 4.56. The molecule has 0 saturated carbocycles.